The minimum absolute atomic E-state index is 0.270. The molecule has 4 rings (SSSR count). The van der Waals surface area contributed by atoms with Crippen LogP contribution in [0.25, 0.3) is 11.4 Å². The van der Waals surface area contributed by atoms with Crippen LogP contribution in [0.4, 0.5) is 15.9 Å². The average molecular weight is 363 g/mol. The molecule has 3 N–H and O–H groups in total. The summed E-state index contributed by atoms with van der Waals surface area (Å²) in [5, 5.41) is 3.18. The topological polar surface area (TPSA) is 93.8 Å². The highest BCUT2D eigenvalue weighted by Gasteiger charge is 2.22. The molecule has 3 aromatic rings. The number of halogens is 1. The third kappa shape index (κ3) is 3.23. The molecule has 0 radical (unpaired) electrons. The van der Waals surface area contributed by atoms with Gasteiger partial charge in [0.1, 0.15) is 11.6 Å². The number of fused-ring (bicyclic) bond motifs is 1. The summed E-state index contributed by atoms with van der Waals surface area (Å²) in [6, 6.07) is 6.53. The van der Waals surface area contributed by atoms with E-state index >= 15 is 0 Å². The van der Waals surface area contributed by atoms with Crippen molar-refractivity contribution in [1.82, 2.24) is 15.0 Å². The highest BCUT2D eigenvalue weighted by molar-refractivity contribution is 5.98. The first kappa shape index (κ1) is 17.1. The first-order valence-electron chi connectivity index (χ1n) is 8.70. The van der Waals surface area contributed by atoms with Crippen LogP contribution in [0.2, 0.25) is 0 Å². The fourth-order valence-electron chi connectivity index (χ4n) is 3.29. The van der Waals surface area contributed by atoms with Gasteiger partial charge in [-0.3, -0.25) is 9.78 Å². The Hall–Kier alpha value is -3.35. The van der Waals surface area contributed by atoms with Crippen molar-refractivity contribution >= 4 is 17.4 Å². The number of primary amides is 1. The number of anilines is 2. The number of carbonyl (C=O) groups is 1. The molecule has 1 amide bonds. The number of nitrogens with one attached hydrogen (secondary N) is 1. The van der Waals surface area contributed by atoms with E-state index in [0.717, 1.165) is 36.1 Å². The van der Waals surface area contributed by atoms with Crippen molar-refractivity contribution in [2.75, 3.05) is 5.32 Å². The largest absolute Gasteiger partial charge is 0.365 e. The van der Waals surface area contributed by atoms with Crippen molar-refractivity contribution in [2.24, 2.45) is 5.73 Å². The smallest absolute Gasteiger partial charge is 0.252 e. The van der Waals surface area contributed by atoms with E-state index in [4.69, 9.17) is 5.73 Å². The predicted molar refractivity (Wildman–Crippen MR) is 100 cm³/mol. The standard InChI is InChI=1S/C20H18FN5O/c1-11-5-6-15(21)13(9-11)20-24-16-4-2-3-12(16)19(26-20)25-17-7-8-23-10-14(17)18(22)27/h5-10H,2-4H2,1H3,(H2,22,27)(H,23,24,25,26). The number of pyridine rings is 1. The van der Waals surface area contributed by atoms with Gasteiger partial charge in [-0.05, 0) is 44.4 Å². The summed E-state index contributed by atoms with van der Waals surface area (Å²) in [7, 11) is 0. The quantitative estimate of drug-likeness (QED) is 0.742. The molecular formula is C20H18FN5O. The van der Waals surface area contributed by atoms with E-state index in [1.54, 1.807) is 24.4 Å². The van der Waals surface area contributed by atoms with Gasteiger partial charge in [-0.1, -0.05) is 11.6 Å². The number of nitrogens with two attached hydrogens (primary N) is 1. The SMILES string of the molecule is Cc1ccc(F)c(-c2nc3c(c(Nc4ccncc4C(N)=O)n2)CCC3)c1. The zero-order chi connectivity index (χ0) is 19.0. The molecule has 136 valence electrons. The molecule has 0 bridgehead atoms. The molecule has 0 saturated carbocycles. The Balaban J connectivity index is 1.83. The molecule has 1 aromatic carbocycles. The summed E-state index contributed by atoms with van der Waals surface area (Å²) in [5.74, 6) is -0.0522. The van der Waals surface area contributed by atoms with Crippen LogP contribution >= 0.6 is 0 Å². The van der Waals surface area contributed by atoms with Crippen LogP contribution < -0.4 is 11.1 Å². The molecular weight excluding hydrogens is 345 g/mol. The molecule has 1 aliphatic carbocycles. The maximum atomic E-state index is 14.4. The van der Waals surface area contributed by atoms with Gasteiger partial charge < -0.3 is 11.1 Å². The van der Waals surface area contributed by atoms with E-state index in [2.05, 4.69) is 20.3 Å². The van der Waals surface area contributed by atoms with Gasteiger partial charge in [0, 0.05) is 23.7 Å². The lowest BCUT2D eigenvalue weighted by Crippen LogP contribution is -2.14. The Kier molecular flexibility index (Phi) is 4.27. The van der Waals surface area contributed by atoms with E-state index in [-0.39, 0.29) is 11.4 Å². The number of aryl methyl sites for hydroxylation is 2. The van der Waals surface area contributed by atoms with E-state index in [0.29, 0.717) is 22.9 Å². The Morgan fingerprint density at radius 2 is 2.07 bits per heavy atom. The van der Waals surface area contributed by atoms with E-state index in [9.17, 15) is 9.18 Å². The number of hydrogen-bond donors (Lipinski definition) is 2. The second-order valence-electron chi connectivity index (χ2n) is 6.57. The maximum absolute atomic E-state index is 14.4. The van der Waals surface area contributed by atoms with Crippen molar-refractivity contribution in [3.63, 3.8) is 0 Å². The average Bonchev–Trinajstić information content (AvgIpc) is 3.13. The molecule has 2 heterocycles. The highest BCUT2D eigenvalue weighted by Crippen LogP contribution is 2.32. The van der Waals surface area contributed by atoms with E-state index < -0.39 is 5.91 Å². The number of nitrogens with zero attached hydrogens (tertiary/aromatic N) is 3. The third-order valence-corrected chi connectivity index (χ3v) is 4.64. The highest BCUT2D eigenvalue weighted by atomic mass is 19.1. The zero-order valence-electron chi connectivity index (χ0n) is 14.8. The Morgan fingerprint density at radius 1 is 1.22 bits per heavy atom. The summed E-state index contributed by atoms with van der Waals surface area (Å²) >= 11 is 0. The second kappa shape index (κ2) is 6.75. The Bertz CT molecular complexity index is 1050. The van der Waals surface area contributed by atoms with Crippen molar-refractivity contribution < 1.29 is 9.18 Å². The first-order chi connectivity index (χ1) is 13.0. The third-order valence-electron chi connectivity index (χ3n) is 4.64. The molecule has 0 fully saturated rings. The molecule has 0 spiro atoms. The fourth-order valence-corrected chi connectivity index (χ4v) is 3.29. The minimum Gasteiger partial charge on any atom is -0.365 e. The monoisotopic (exact) mass is 363 g/mol. The van der Waals surface area contributed by atoms with Gasteiger partial charge in [-0.2, -0.15) is 0 Å². The molecule has 7 heteroatoms. The summed E-state index contributed by atoms with van der Waals surface area (Å²) in [4.78, 5) is 24.8. The van der Waals surface area contributed by atoms with Crippen molar-refractivity contribution in [1.29, 1.82) is 0 Å². The maximum Gasteiger partial charge on any atom is 0.252 e. The Morgan fingerprint density at radius 3 is 2.89 bits per heavy atom. The van der Waals surface area contributed by atoms with Gasteiger partial charge in [0.2, 0.25) is 0 Å². The molecule has 0 saturated heterocycles. The summed E-state index contributed by atoms with van der Waals surface area (Å²) in [6.45, 7) is 1.89. The number of benzene rings is 1. The second-order valence-corrected chi connectivity index (χ2v) is 6.57. The van der Waals surface area contributed by atoms with Crippen LogP contribution in [0, 0.1) is 12.7 Å². The van der Waals surface area contributed by atoms with Crippen LogP contribution in [-0.2, 0) is 12.8 Å². The van der Waals surface area contributed by atoms with Gasteiger partial charge >= 0.3 is 0 Å². The van der Waals surface area contributed by atoms with Gasteiger partial charge in [-0.25, -0.2) is 14.4 Å². The van der Waals surface area contributed by atoms with Gasteiger partial charge in [0.25, 0.3) is 5.91 Å². The van der Waals surface area contributed by atoms with Crippen LogP contribution in [-0.4, -0.2) is 20.9 Å². The van der Waals surface area contributed by atoms with E-state index in [1.165, 1.54) is 12.3 Å². The van der Waals surface area contributed by atoms with E-state index in [1.807, 2.05) is 6.92 Å². The first-order valence-corrected chi connectivity index (χ1v) is 8.70. The fraction of sp³-hybridized carbons (Fsp3) is 0.200. The number of hydrogen-bond acceptors (Lipinski definition) is 5. The predicted octanol–water partition coefficient (Wildman–Crippen LogP) is 3.32. The molecule has 0 aliphatic heterocycles. The lowest BCUT2D eigenvalue weighted by Gasteiger charge is -2.14. The number of aromatic nitrogens is 3. The normalized spacial score (nSPS) is 12.7. The molecule has 0 atom stereocenters. The molecule has 6 nitrogen and oxygen atoms in total. The molecule has 1 aliphatic rings. The summed E-state index contributed by atoms with van der Waals surface area (Å²) in [5.41, 5.74) is 9.39. The van der Waals surface area contributed by atoms with Gasteiger partial charge in [0.15, 0.2) is 5.82 Å². The van der Waals surface area contributed by atoms with Crippen molar-refractivity contribution in [3.05, 3.63) is 64.9 Å². The van der Waals surface area contributed by atoms with Crippen molar-refractivity contribution in [3.8, 4) is 11.4 Å². The lowest BCUT2D eigenvalue weighted by molar-refractivity contribution is 0.100. The van der Waals surface area contributed by atoms with Crippen LogP contribution in [0.5, 0.6) is 0 Å². The molecule has 2 aromatic heterocycles. The zero-order valence-corrected chi connectivity index (χ0v) is 14.8. The summed E-state index contributed by atoms with van der Waals surface area (Å²) < 4.78 is 14.4. The van der Waals surface area contributed by atoms with Crippen LogP contribution in [0.1, 0.15) is 33.6 Å². The molecule has 0 unspecified atom stereocenters. The minimum atomic E-state index is -0.582. The molecule has 27 heavy (non-hydrogen) atoms. The number of amides is 1. The lowest BCUT2D eigenvalue weighted by atomic mass is 10.1. The Labute approximate surface area is 155 Å². The van der Waals surface area contributed by atoms with Crippen LogP contribution in [0.15, 0.2) is 36.7 Å². The summed E-state index contributed by atoms with van der Waals surface area (Å²) in [6.07, 6.45) is 5.57. The number of carbonyl (C=O) groups excluding carboxylic acids is 1. The van der Waals surface area contributed by atoms with Gasteiger partial charge in [-0.15, -0.1) is 0 Å². The van der Waals surface area contributed by atoms with Gasteiger partial charge in [0.05, 0.1) is 16.8 Å². The van der Waals surface area contributed by atoms with Crippen molar-refractivity contribution in [2.45, 2.75) is 26.2 Å². The number of rotatable bonds is 4. The van der Waals surface area contributed by atoms with Crippen LogP contribution in [0.3, 0.4) is 0 Å².